The Kier molecular flexibility index (Phi) is 3.09. The molecule has 62 valence electrons. The minimum Gasteiger partial charge on any atom is -0.323 e. The van der Waals surface area contributed by atoms with Crippen LogP contribution in [-0.2, 0) is 0 Å². The highest BCUT2D eigenvalue weighted by Crippen LogP contribution is 2.24. The van der Waals surface area contributed by atoms with Gasteiger partial charge in [-0.2, -0.15) is 0 Å². The number of hydrogen-bond donors (Lipinski definition) is 1. The van der Waals surface area contributed by atoms with E-state index >= 15 is 0 Å². The van der Waals surface area contributed by atoms with Crippen molar-refractivity contribution in [3.05, 3.63) is 21.9 Å². The maximum Gasteiger partial charge on any atom is 0.0392 e. The van der Waals surface area contributed by atoms with Gasteiger partial charge in [-0.05, 0) is 30.4 Å². The molecule has 1 aromatic rings. The summed E-state index contributed by atoms with van der Waals surface area (Å²) >= 11 is 1.77. The zero-order valence-corrected chi connectivity index (χ0v) is 7.95. The third kappa shape index (κ3) is 2.04. The van der Waals surface area contributed by atoms with Crippen LogP contribution >= 0.6 is 11.3 Å². The first-order valence-electron chi connectivity index (χ1n) is 4.05. The molecular weight excluding hydrogens is 154 g/mol. The Hall–Kier alpha value is -0.340. The van der Waals surface area contributed by atoms with Gasteiger partial charge in [0.1, 0.15) is 0 Å². The Morgan fingerprint density at radius 3 is 2.82 bits per heavy atom. The summed E-state index contributed by atoms with van der Waals surface area (Å²) in [5.41, 5.74) is 7.30. The zero-order valence-electron chi connectivity index (χ0n) is 7.13. The largest absolute Gasteiger partial charge is 0.323 e. The second-order valence-corrected chi connectivity index (χ2v) is 3.81. The number of thiophene rings is 1. The molecule has 0 aromatic carbocycles. The Balaban J connectivity index is 2.67. The van der Waals surface area contributed by atoms with Crippen molar-refractivity contribution in [2.24, 2.45) is 5.73 Å². The Bertz CT molecular complexity index is 217. The summed E-state index contributed by atoms with van der Waals surface area (Å²) < 4.78 is 0. The van der Waals surface area contributed by atoms with Gasteiger partial charge in [0.15, 0.2) is 0 Å². The lowest BCUT2D eigenvalue weighted by molar-refractivity contribution is 0.646. The van der Waals surface area contributed by atoms with Crippen LogP contribution in [0.5, 0.6) is 0 Å². The Morgan fingerprint density at radius 2 is 2.36 bits per heavy atom. The summed E-state index contributed by atoms with van der Waals surface area (Å²) in [5.74, 6) is 0. The van der Waals surface area contributed by atoms with E-state index in [0.717, 1.165) is 6.42 Å². The standard InChI is InChI=1S/C9H15NS/c1-3-4-8(10)9-7(2)5-6-11-9/h5-6,8H,3-4,10H2,1-2H3/t8-/m1/s1. The molecule has 0 aliphatic heterocycles. The van der Waals surface area contributed by atoms with Crippen LogP contribution in [0.3, 0.4) is 0 Å². The van der Waals surface area contributed by atoms with Gasteiger partial charge in [0, 0.05) is 10.9 Å². The van der Waals surface area contributed by atoms with Crippen molar-refractivity contribution in [2.75, 3.05) is 0 Å². The fourth-order valence-electron chi connectivity index (χ4n) is 1.21. The normalized spacial score (nSPS) is 13.4. The maximum absolute atomic E-state index is 5.96. The molecule has 2 heteroatoms. The van der Waals surface area contributed by atoms with Crippen molar-refractivity contribution in [3.63, 3.8) is 0 Å². The molecule has 0 aliphatic carbocycles. The van der Waals surface area contributed by atoms with Gasteiger partial charge in [-0.1, -0.05) is 13.3 Å². The van der Waals surface area contributed by atoms with E-state index in [2.05, 4.69) is 25.3 Å². The minimum absolute atomic E-state index is 0.264. The summed E-state index contributed by atoms with van der Waals surface area (Å²) in [6.07, 6.45) is 2.26. The van der Waals surface area contributed by atoms with E-state index in [4.69, 9.17) is 5.73 Å². The Labute approximate surface area is 72.2 Å². The molecule has 0 saturated heterocycles. The second kappa shape index (κ2) is 3.88. The molecule has 0 spiro atoms. The summed E-state index contributed by atoms with van der Waals surface area (Å²) in [5, 5.41) is 2.11. The highest BCUT2D eigenvalue weighted by atomic mass is 32.1. The van der Waals surface area contributed by atoms with Crippen molar-refractivity contribution < 1.29 is 0 Å². The fraction of sp³-hybridized carbons (Fsp3) is 0.556. The highest BCUT2D eigenvalue weighted by molar-refractivity contribution is 7.10. The van der Waals surface area contributed by atoms with Gasteiger partial charge in [-0.15, -0.1) is 11.3 Å². The SMILES string of the molecule is CCC[C@@H](N)c1sccc1C. The third-order valence-electron chi connectivity index (χ3n) is 1.84. The molecule has 1 aromatic heterocycles. The van der Waals surface area contributed by atoms with Crippen LogP contribution in [0.4, 0.5) is 0 Å². The molecule has 0 unspecified atom stereocenters. The smallest absolute Gasteiger partial charge is 0.0392 e. The predicted octanol–water partition coefficient (Wildman–Crippen LogP) is 2.86. The summed E-state index contributed by atoms with van der Waals surface area (Å²) in [4.78, 5) is 1.35. The van der Waals surface area contributed by atoms with Gasteiger partial charge < -0.3 is 5.73 Å². The van der Waals surface area contributed by atoms with Crippen molar-refractivity contribution in [1.82, 2.24) is 0 Å². The van der Waals surface area contributed by atoms with Crippen LogP contribution < -0.4 is 5.73 Å². The number of nitrogens with two attached hydrogens (primary N) is 1. The van der Waals surface area contributed by atoms with Gasteiger partial charge in [0.05, 0.1) is 0 Å². The molecule has 0 bridgehead atoms. The van der Waals surface area contributed by atoms with Gasteiger partial charge in [0.25, 0.3) is 0 Å². The molecule has 0 fully saturated rings. The molecule has 0 amide bonds. The lowest BCUT2D eigenvalue weighted by Gasteiger charge is -2.08. The highest BCUT2D eigenvalue weighted by Gasteiger charge is 2.07. The fourth-order valence-corrected chi connectivity index (χ4v) is 2.17. The van der Waals surface area contributed by atoms with Gasteiger partial charge in [-0.3, -0.25) is 0 Å². The summed E-state index contributed by atoms with van der Waals surface area (Å²) in [6.45, 7) is 4.30. The third-order valence-corrected chi connectivity index (χ3v) is 2.99. The van der Waals surface area contributed by atoms with Crippen LogP contribution in [0.1, 0.15) is 36.2 Å². The first-order valence-corrected chi connectivity index (χ1v) is 4.93. The number of aryl methyl sites for hydroxylation is 1. The average molecular weight is 169 g/mol. The molecule has 1 rings (SSSR count). The Morgan fingerprint density at radius 1 is 1.64 bits per heavy atom. The molecule has 0 aliphatic rings. The molecule has 1 nitrogen and oxygen atoms in total. The van der Waals surface area contributed by atoms with E-state index in [-0.39, 0.29) is 6.04 Å². The van der Waals surface area contributed by atoms with E-state index in [1.807, 2.05) is 0 Å². The van der Waals surface area contributed by atoms with E-state index < -0.39 is 0 Å². The zero-order chi connectivity index (χ0) is 8.27. The van der Waals surface area contributed by atoms with Crippen LogP contribution in [0.25, 0.3) is 0 Å². The van der Waals surface area contributed by atoms with Crippen molar-refractivity contribution >= 4 is 11.3 Å². The summed E-state index contributed by atoms with van der Waals surface area (Å²) in [6, 6.07) is 2.40. The minimum atomic E-state index is 0.264. The topological polar surface area (TPSA) is 26.0 Å². The number of hydrogen-bond acceptors (Lipinski definition) is 2. The van der Waals surface area contributed by atoms with Crippen molar-refractivity contribution in [3.8, 4) is 0 Å². The van der Waals surface area contributed by atoms with Crippen molar-refractivity contribution in [2.45, 2.75) is 32.7 Å². The van der Waals surface area contributed by atoms with E-state index in [1.54, 1.807) is 11.3 Å². The summed E-state index contributed by atoms with van der Waals surface area (Å²) in [7, 11) is 0. The molecule has 2 N–H and O–H groups in total. The van der Waals surface area contributed by atoms with E-state index in [1.165, 1.54) is 16.9 Å². The average Bonchev–Trinajstić information content (AvgIpc) is 2.36. The van der Waals surface area contributed by atoms with Gasteiger partial charge >= 0.3 is 0 Å². The van der Waals surface area contributed by atoms with Crippen LogP contribution in [0, 0.1) is 6.92 Å². The lowest BCUT2D eigenvalue weighted by atomic mass is 10.1. The molecule has 0 saturated carbocycles. The lowest BCUT2D eigenvalue weighted by Crippen LogP contribution is -2.08. The monoisotopic (exact) mass is 169 g/mol. The van der Waals surface area contributed by atoms with Gasteiger partial charge in [-0.25, -0.2) is 0 Å². The molecule has 11 heavy (non-hydrogen) atoms. The first-order chi connectivity index (χ1) is 5.25. The molecule has 0 radical (unpaired) electrons. The quantitative estimate of drug-likeness (QED) is 0.739. The van der Waals surface area contributed by atoms with Crippen LogP contribution in [0.2, 0.25) is 0 Å². The van der Waals surface area contributed by atoms with Crippen molar-refractivity contribution in [1.29, 1.82) is 0 Å². The molecular formula is C9H15NS. The maximum atomic E-state index is 5.96. The van der Waals surface area contributed by atoms with Crippen LogP contribution in [0.15, 0.2) is 11.4 Å². The van der Waals surface area contributed by atoms with E-state index in [0.29, 0.717) is 0 Å². The first kappa shape index (κ1) is 8.75. The van der Waals surface area contributed by atoms with Crippen LogP contribution in [-0.4, -0.2) is 0 Å². The predicted molar refractivity (Wildman–Crippen MR) is 50.9 cm³/mol. The number of rotatable bonds is 3. The molecule has 1 heterocycles. The van der Waals surface area contributed by atoms with Gasteiger partial charge in [0.2, 0.25) is 0 Å². The second-order valence-electron chi connectivity index (χ2n) is 2.86. The molecule has 1 atom stereocenters. The van der Waals surface area contributed by atoms with E-state index in [9.17, 15) is 0 Å².